The predicted molar refractivity (Wildman–Crippen MR) is 135 cm³/mol. The van der Waals surface area contributed by atoms with E-state index in [9.17, 15) is 19.7 Å². The fourth-order valence-corrected chi connectivity index (χ4v) is 3.38. The van der Waals surface area contributed by atoms with Gasteiger partial charge in [0.1, 0.15) is 23.0 Å². The highest BCUT2D eigenvalue weighted by Gasteiger charge is 2.17. The van der Waals surface area contributed by atoms with Crippen molar-refractivity contribution in [3.63, 3.8) is 0 Å². The monoisotopic (exact) mass is 498 g/mol. The van der Waals surface area contributed by atoms with E-state index in [0.717, 1.165) is 5.56 Å². The molecule has 0 saturated heterocycles. The van der Waals surface area contributed by atoms with Gasteiger partial charge < -0.3 is 19.8 Å². The molecule has 0 radical (unpaired) electrons. The minimum Gasteiger partial charge on any atom is -0.497 e. The summed E-state index contributed by atoms with van der Waals surface area (Å²) < 4.78 is 10.9. The van der Waals surface area contributed by atoms with Gasteiger partial charge in [0.15, 0.2) is 0 Å². The Morgan fingerprint density at radius 2 is 1.89 bits per heavy atom. The molecule has 4 aromatic rings. The van der Waals surface area contributed by atoms with E-state index < -0.39 is 16.7 Å². The van der Waals surface area contributed by atoms with Crippen molar-refractivity contribution in [1.82, 2.24) is 15.6 Å². The summed E-state index contributed by atoms with van der Waals surface area (Å²) in [5.41, 5.74) is 1.47. The van der Waals surface area contributed by atoms with Gasteiger partial charge in [-0.25, -0.2) is 0 Å². The van der Waals surface area contributed by atoms with E-state index >= 15 is 0 Å². The second-order valence-corrected chi connectivity index (χ2v) is 7.79. The number of non-ortho nitro benzene ring substituents is 1. The number of hydrogen-bond donors (Lipinski definition) is 2. The van der Waals surface area contributed by atoms with Crippen LogP contribution in [0.3, 0.4) is 0 Å². The van der Waals surface area contributed by atoms with Crippen LogP contribution in [-0.4, -0.2) is 28.8 Å². The van der Waals surface area contributed by atoms with Crippen LogP contribution in [0.1, 0.15) is 21.7 Å². The van der Waals surface area contributed by atoms with Crippen LogP contribution in [0, 0.1) is 10.1 Å². The van der Waals surface area contributed by atoms with Gasteiger partial charge >= 0.3 is 0 Å². The number of hydrogen-bond acceptors (Lipinski definition) is 7. The summed E-state index contributed by atoms with van der Waals surface area (Å²) in [6, 6.07) is 19.2. The standard InChI is InChI=1S/C27H22N4O6/c1-36-22-9-7-19(8-10-22)26(32)30-24(27(33)29-17-18-4-3-13-28-16-18)15-23-11-12-25(37-23)20-5-2-6-21(14-20)31(34)35/h2-16H,17H2,1H3,(H,29,33)(H,30,32)/b24-15-. The average molecular weight is 498 g/mol. The third-order valence-electron chi connectivity index (χ3n) is 5.28. The van der Waals surface area contributed by atoms with Gasteiger partial charge in [-0.1, -0.05) is 18.2 Å². The van der Waals surface area contributed by atoms with E-state index in [1.807, 2.05) is 6.07 Å². The number of pyridine rings is 1. The summed E-state index contributed by atoms with van der Waals surface area (Å²) in [4.78, 5) is 40.5. The molecule has 2 aromatic heterocycles. The third-order valence-corrected chi connectivity index (χ3v) is 5.28. The fraction of sp³-hybridized carbons (Fsp3) is 0.0741. The van der Waals surface area contributed by atoms with Crippen molar-refractivity contribution in [2.24, 2.45) is 0 Å². The molecular weight excluding hydrogens is 476 g/mol. The number of carbonyl (C=O) groups is 2. The van der Waals surface area contributed by atoms with Crippen molar-refractivity contribution < 1.29 is 23.7 Å². The number of nitrogens with zero attached hydrogens (tertiary/aromatic N) is 2. The Balaban J connectivity index is 1.59. The summed E-state index contributed by atoms with van der Waals surface area (Å²) in [5.74, 6) is 0.176. The Morgan fingerprint density at radius 3 is 2.59 bits per heavy atom. The van der Waals surface area contributed by atoms with Gasteiger partial charge in [0.25, 0.3) is 17.5 Å². The van der Waals surface area contributed by atoms with Gasteiger partial charge in [0.05, 0.1) is 12.0 Å². The summed E-state index contributed by atoms with van der Waals surface area (Å²) in [7, 11) is 1.52. The molecule has 10 nitrogen and oxygen atoms in total. The third kappa shape index (κ3) is 6.45. The van der Waals surface area contributed by atoms with Crippen LogP contribution in [0.5, 0.6) is 5.75 Å². The lowest BCUT2D eigenvalue weighted by Crippen LogP contribution is -2.34. The van der Waals surface area contributed by atoms with Crippen molar-refractivity contribution >= 4 is 23.6 Å². The number of nitrogens with one attached hydrogen (secondary N) is 2. The van der Waals surface area contributed by atoms with Gasteiger partial charge in [0.2, 0.25) is 0 Å². The molecule has 10 heteroatoms. The molecule has 0 spiro atoms. The van der Waals surface area contributed by atoms with E-state index in [0.29, 0.717) is 22.6 Å². The highest BCUT2D eigenvalue weighted by atomic mass is 16.6. The van der Waals surface area contributed by atoms with Crippen LogP contribution >= 0.6 is 0 Å². The number of carbonyl (C=O) groups excluding carboxylic acids is 2. The number of nitro benzene ring substituents is 1. The largest absolute Gasteiger partial charge is 0.497 e. The fourth-order valence-electron chi connectivity index (χ4n) is 3.38. The van der Waals surface area contributed by atoms with Crippen LogP contribution in [0.2, 0.25) is 0 Å². The maximum Gasteiger partial charge on any atom is 0.270 e. The van der Waals surface area contributed by atoms with Gasteiger partial charge in [-0.15, -0.1) is 0 Å². The summed E-state index contributed by atoms with van der Waals surface area (Å²) in [5, 5.41) is 16.5. The first kappa shape index (κ1) is 24.9. The summed E-state index contributed by atoms with van der Waals surface area (Å²) in [6.45, 7) is 0.194. The second kappa shape index (κ2) is 11.5. The van der Waals surface area contributed by atoms with Crippen LogP contribution in [0.15, 0.2) is 95.3 Å². The highest BCUT2D eigenvalue weighted by molar-refractivity contribution is 6.05. The van der Waals surface area contributed by atoms with Crippen molar-refractivity contribution in [2.75, 3.05) is 7.11 Å². The smallest absolute Gasteiger partial charge is 0.270 e. The molecule has 0 fully saturated rings. The maximum atomic E-state index is 13.0. The molecule has 0 bridgehead atoms. The molecule has 0 aliphatic carbocycles. The minimum absolute atomic E-state index is 0.0512. The van der Waals surface area contributed by atoms with Crippen molar-refractivity contribution in [2.45, 2.75) is 6.54 Å². The first-order chi connectivity index (χ1) is 17.9. The van der Waals surface area contributed by atoms with Crippen LogP contribution in [-0.2, 0) is 11.3 Å². The average Bonchev–Trinajstić information content (AvgIpc) is 3.40. The Hall–Kier alpha value is -5.25. The number of furan rings is 1. The molecular formula is C27H22N4O6. The molecule has 37 heavy (non-hydrogen) atoms. The number of benzene rings is 2. The zero-order valence-electron chi connectivity index (χ0n) is 19.7. The van der Waals surface area contributed by atoms with E-state index in [-0.39, 0.29) is 23.7 Å². The molecule has 0 aliphatic rings. The summed E-state index contributed by atoms with van der Waals surface area (Å²) >= 11 is 0. The van der Waals surface area contributed by atoms with Gasteiger partial charge in [-0.3, -0.25) is 24.7 Å². The maximum absolute atomic E-state index is 13.0. The van der Waals surface area contributed by atoms with E-state index in [1.54, 1.807) is 67.0 Å². The summed E-state index contributed by atoms with van der Waals surface area (Å²) in [6.07, 6.45) is 4.64. The number of ether oxygens (including phenoxy) is 1. The molecule has 186 valence electrons. The van der Waals surface area contributed by atoms with E-state index in [4.69, 9.17) is 9.15 Å². The zero-order chi connectivity index (χ0) is 26.2. The molecule has 2 N–H and O–H groups in total. The molecule has 0 atom stereocenters. The first-order valence-electron chi connectivity index (χ1n) is 11.1. The first-order valence-corrected chi connectivity index (χ1v) is 11.1. The van der Waals surface area contributed by atoms with Gasteiger partial charge in [0, 0.05) is 48.3 Å². The molecule has 0 aliphatic heterocycles. The number of rotatable bonds is 9. The second-order valence-electron chi connectivity index (χ2n) is 7.79. The van der Waals surface area contributed by atoms with Crippen molar-refractivity contribution in [3.8, 4) is 17.1 Å². The highest BCUT2D eigenvalue weighted by Crippen LogP contribution is 2.26. The topological polar surface area (TPSA) is 137 Å². The van der Waals surface area contributed by atoms with Crippen LogP contribution < -0.4 is 15.4 Å². The lowest BCUT2D eigenvalue weighted by atomic mass is 10.1. The van der Waals surface area contributed by atoms with Crippen LogP contribution in [0.4, 0.5) is 5.69 Å². The number of methoxy groups -OCH3 is 1. The number of aromatic nitrogens is 1. The lowest BCUT2D eigenvalue weighted by Gasteiger charge is -2.11. The quantitative estimate of drug-likeness (QED) is 0.199. The molecule has 0 unspecified atom stereocenters. The Kier molecular flexibility index (Phi) is 7.69. The Bertz CT molecular complexity index is 1450. The SMILES string of the molecule is COc1ccc(C(=O)N/C(=C\c2ccc(-c3cccc([N+](=O)[O-])c3)o2)C(=O)NCc2cccnc2)cc1. The van der Waals surface area contributed by atoms with Gasteiger partial charge in [-0.05, 0) is 48.0 Å². The van der Waals surface area contributed by atoms with Crippen molar-refractivity contribution in [3.05, 3.63) is 118 Å². The Morgan fingerprint density at radius 1 is 1.08 bits per heavy atom. The molecule has 4 rings (SSSR count). The van der Waals surface area contributed by atoms with E-state index in [1.165, 1.54) is 25.3 Å². The predicted octanol–water partition coefficient (Wildman–Crippen LogP) is 4.35. The number of amides is 2. The molecule has 2 aromatic carbocycles. The zero-order valence-corrected chi connectivity index (χ0v) is 19.7. The molecule has 2 heterocycles. The van der Waals surface area contributed by atoms with Gasteiger partial charge in [-0.2, -0.15) is 0 Å². The molecule has 2 amide bonds. The lowest BCUT2D eigenvalue weighted by molar-refractivity contribution is -0.384. The van der Waals surface area contributed by atoms with Crippen molar-refractivity contribution in [1.29, 1.82) is 0 Å². The minimum atomic E-state index is -0.543. The number of nitro groups is 1. The Labute approximate surface area is 211 Å². The van der Waals surface area contributed by atoms with Crippen LogP contribution in [0.25, 0.3) is 17.4 Å². The van der Waals surface area contributed by atoms with E-state index in [2.05, 4.69) is 15.6 Å². The molecule has 0 saturated carbocycles. The normalized spacial score (nSPS) is 11.0.